The van der Waals surface area contributed by atoms with Crippen LogP contribution in [-0.4, -0.2) is 17.0 Å². The van der Waals surface area contributed by atoms with Crippen molar-refractivity contribution < 1.29 is 14.7 Å². The van der Waals surface area contributed by atoms with E-state index in [1.807, 2.05) is 0 Å². The zero-order chi connectivity index (χ0) is 14.5. The first kappa shape index (κ1) is 13.5. The first-order valence-corrected chi connectivity index (χ1v) is 5.95. The van der Waals surface area contributed by atoms with E-state index in [2.05, 4.69) is 0 Å². The van der Waals surface area contributed by atoms with Crippen molar-refractivity contribution in [3.05, 3.63) is 71.8 Å². The van der Waals surface area contributed by atoms with Crippen molar-refractivity contribution in [3.63, 3.8) is 0 Å². The maximum atomic E-state index is 11.6. The molecular formula is C16H12NO3. The minimum Gasteiger partial charge on any atom is -0.478 e. The summed E-state index contributed by atoms with van der Waals surface area (Å²) in [7, 11) is 0. The molecule has 0 aromatic heterocycles. The second kappa shape index (κ2) is 5.84. The SMILES string of the molecule is [NH]C(=O)/C(=C(\C(=O)O)c1ccccc1)c1ccccc1. The van der Waals surface area contributed by atoms with Crippen LogP contribution in [0.25, 0.3) is 11.1 Å². The van der Waals surface area contributed by atoms with E-state index in [0.717, 1.165) is 0 Å². The van der Waals surface area contributed by atoms with Gasteiger partial charge < -0.3 is 5.11 Å². The van der Waals surface area contributed by atoms with Gasteiger partial charge in [-0.05, 0) is 11.1 Å². The second-order valence-electron chi connectivity index (χ2n) is 4.12. The molecule has 0 heterocycles. The lowest BCUT2D eigenvalue weighted by Gasteiger charge is -2.09. The van der Waals surface area contributed by atoms with Crippen molar-refractivity contribution in [3.8, 4) is 0 Å². The highest BCUT2D eigenvalue weighted by Crippen LogP contribution is 2.26. The number of benzene rings is 2. The summed E-state index contributed by atoms with van der Waals surface area (Å²) in [5, 5.41) is 9.41. The summed E-state index contributed by atoms with van der Waals surface area (Å²) in [4.78, 5) is 23.1. The van der Waals surface area contributed by atoms with Crippen LogP contribution < -0.4 is 5.73 Å². The lowest BCUT2D eigenvalue weighted by Crippen LogP contribution is -2.11. The van der Waals surface area contributed by atoms with Gasteiger partial charge in [-0.1, -0.05) is 60.7 Å². The number of nitrogens with one attached hydrogen (secondary N) is 1. The third-order valence-electron chi connectivity index (χ3n) is 2.82. The summed E-state index contributed by atoms with van der Waals surface area (Å²) in [6, 6.07) is 16.7. The van der Waals surface area contributed by atoms with Gasteiger partial charge in [0.15, 0.2) is 0 Å². The maximum absolute atomic E-state index is 11.6. The van der Waals surface area contributed by atoms with Crippen molar-refractivity contribution in [2.75, 3.05) is 0 Å². The summed E-state index contributed by atoms with van der Waals surface area (Å²) < 4.78 is 0. The summed E-state index contributed by atoms with van der Waals surface area (Å²) >= 11 is 0. The van der Waals surface area contributed by atoms with Crippen molar-refractivity contribution in [2.45, 2.75) is 0 Å². The van der Waals surface area contributed by atoms with Crippen molar-refractivity contribution in [2.24, 2.45) is 0 Å². The predicted molar refractivity (Wildman–Crippen MR) is 75.4 cm³/mol. The van der Waals surface area contributed by atoms with E-state index in [0.29, 0.717) is 11.1 Å². The lowest BCUT2D eigenvalue weighted by atomic mass is 9.94. The fraction of sp³-hybridized carbons (Fsp3) is 0. The highest BCUT2D eigenvalue weighted by molar-refractivity contribution is 6.37. The molecule has 1 amide bonds. The Morgan fingerprint density at radius 1 is 0.750 bits per heavy atom. The Balaban J connectivity index is 2.74. The fourth-order valence-corrected chi connectivity index (χ4v) is 1.97. The molecule has 0 spiro atoms. The van der Waals surface area contributed by atoms with Gasteiger partial charge in [0.05, 0.1) is 11.1 Å². The number of aliphatic carboxylic acids is 1. The molecule has 0 aliphatic heterocycles. The van der Waals surface area contributed by atoms with Crippen LogP contribution in [0.5, 0.6) is 0 Å². The Kier molecular flexibility index (Phi) is 3.96. The van der Waals surface area contributed by atoms with Crippen molar-refractivity contribution in [1.29, 1.82) is 0 Å². The predicted octanol–water partition coefficient (Wildman–Crippen LogP) is 2.49. The molecule has 0 atom stereocenters. The van der Waals surface area contributed by atoms with E-state index >= 15 is 0 Å². The molecule has 2 aromatic carbocycles. The minimum absolute atomic E-state index is 0.107. The van der Waals surface area contributed by atoms with Crippen molar-refractivity contribution >= 4 is 23.0 Å². The van der Waals surface area contributed by atoms with Gasteiger partial charge in [-0.15, -0.1) is 0 Å². The van der Waals surface area contributed by atoms with Crippen LogP contribution in [0.1, 0.15) is 11.1 Å². The molecule has 4 nitrogen and oxygen atoms in total. The molecule has 0 aliphatic carbocycles. The summed E-state index contributed by atoms with van der Waals surface area (Å²) in [5.41, 5.74) is 7.95. The van der Waals surface area contributed by atoms with Gasteiger partial charge >= 0.3 is 5.97 Å². The number of hydrogen-bond acceptors (Lipinski definition) is 2. The summed E-state index contributed by atoms with van der Waals surface area (Å²) in [5.74, 6) is -2.24. The van der Waals surface area contributed by atoms with Gasteiger partial charge in [0.1, 0.15) is 0 Å². The van der Waals surface area contributed by atoms with Crippen LogP contribution in [0, 0.1) is 0 Å². The zero-order valence-electron chi connectivity index (χ0n) is 10.5. The Hall–Kier alpha value is -2.88. The first-order chi connectivity index (χ1) is 9.61. The molecular weight excluding hydrogens is 254 g/mol. The van der Waals surface area contributed by atoms with Crippen LogP contribution in [0.2, 0.25) is 0 Å². The number of carbonyl (C=O) groups excluding carboxylic acids is 1. The van der Waals surface area contributed by atoms with Gasteiger partial charge in [-0.25, -0.2) is 4.79 Å². The van der Waals surface area contributed by atoms with Crippen molar-refractivity contribution in [1.82, 2.24) is 5.73 Å². The van der Waals surface area contributed by atoms with Gasteiger partial charge in [-0.2, -0.15) is 0 Å². The zero-order valence-corrected chi connectivity index (χ0v) is 10.5. The summed E-state index contributed by atoms with van der Waals surface area (Å²) in [6.45, 7) is 0. The van der Waals surface area contributed by atoms with E-state index < -0.39 is 11.9 Å². The Labute approximate surface area is 116 Å². The average molecular weight is 266 g/mol. The molecule has 0 saturated heterocycles. The van der Waals surface area contributed by atoms with Crippen LogP contribution in [-0.2, 0) is 9.59 Å². The van der Waals surface area contributed by atoms with Crippen LogP contribution >= 0.6 is 0 Å². The third-order valence-corrected chi connectivity index (χ3v) is 2.82. The van der Waals surface area contributed by atoms with Crippen LogP contribution in [0.4, 0.5) is 0 Å². The molecule has 1 radical (unpaired) electrons. The highest BCUT2D eigenvalue weighted by atomic mass is 16.4. The fourth-order valence-electron chi connectivity index (χ4n) is 1.97. The number of amides is 1. The molecule has 0 fully saturated rings. The average Bonchev–Trinajstić information content (AvgIpc) is 2.45. The molecule has 99 valence electrons. The molecule has 4 heteroatoms. The lowest BCUT2D eigenvalue weighted by molar-refractivity contribution is -0.130. The minimum atomic E-state index is -1.23. The number of carboxylic acid groups (broad SMARTS) is 1. The molecule has 0 bridgehead atoms. The van der Waals surface area contributed by atoms with E-state index in [-0.39, 0.29) is 11.1 Å². The number of carbonyl (C=O) groups is 2. The van der Waals surface area contributed by atoms with E-state index in [9.17, 15) is 14.7 Å². The monoisotopic (exact) mass is 266 g/mol. The largest absolute Gasteiger partial charge is 0.478 e. The molecule has 2 rings (SSSR count). The second-order valence-corrected chi connectivity index (χ2v) is 4.12. The van der Waals surface area contributed by atoms with Crippen LogP contribution in [0.15, 0.2) is 60.7 Å². The maximum Gasteiger partial charge on any atom is 0.337 e. The number of rotatable bonds is 4. The summed E-state index contributed by atoms with van der Waals surface area (Å²) in [6.07, 6.45) is 0. The molecule has 0 saturated carbocycles. The smallest absolute Gasteiger partial charge is 0.337 e. The Morgan fingerprint density at radius 3 is 1.50 bits per heavy atom. The normalized spacial score (nSPS) is 11.6. The van der Waals surface area contributed by atoms with E-state index in [4.69, 9.17) is 5.73 Å². The topological polar surface area (TPSA) is 78.2 Å². The quantitative estimate of drug-likeness (QED) is 0.682. The van der Waals surface area contributed by atoms with E-state index in [1.165, 1.54) is 0 Å². The molecule has 0 unspecified atom stereocenters. The standard InChI is InChI=1S/C16H12NO3/c17-15(18)13(11-7-3-1-4-8-11)14(16(19)20)12-9-5-2-6-10-12/h1-10,17H,(H,19,20)/b14-13-. The Morgan fingerprint density at radius 2 is 1.15 bits per heavy atom. The van der Waals surface area contributed by atoms with Gasteiger partial charge in [0.2, 0.25) is 0 Å². The molecule has 2 N–H and O–H groups in total. The van der Waals surface area contributed by atoms with Crippen LogP contribution in [0.3, 0.4) is 0 Å². The van der Waals surface area contributed by atoms with E-state index in [1.54, 1.807) is 60.7 Å². The van der Waals surface area contributed by atoms with Gasteiger partial charge in [0, 0.05) is 0 Å². The number of hydrogen-bond donors (Lipinski definition) is 1. The first-order valence-electron chi connectivity index (χ1n) is 5.95. The third kappa shape index (κ3) is 2.75. The van der Waals surface area contributed by atoms with Gasteiger partial charge in [0.25, 0.3) is 5.91 Å². The number of carboxylic acids is 1. The Bertz CT molecular complexity index is 601. The molecule has 2 aromatic rings. The van der Waals surface area contributed by atoms with Gasteiger partial charge in [-0.3, -0.25) is 10.5 Å². The highest BCUT2D eigenvalue weighted by Gasteiger charge is 2.22. The molecule has 0 aliphatic rings. The molecule has 20 heavy (non-hydrogen) atoms.